The van der Waals surface area contributed by atoms with Gasteiger partial charge < -0.3 is 4.74 Å². The smallest absolute Gasteiger partial charge is 0.316 e. The fourth-order valence-electron chi connectivity index (χ4n) is 1.73. The van der Waals surface area contributed by atoms with Crippen LogP contribution in [0.3, 0.4) is 0 Å². The lowest BCUT2D eigenvalue weighted by Gasteiger charge is -2.19. The molecule has 0 unspecified atom stereocenters. The summed E-state index contributed by atoms with van der Waals surface area (Å²) in [6.45, 7) is 3.73. The average Bonchev–Trinajstić information content (AvgIpc) is 2.89. The average molecular weight is 295 g/mol. The molecule has 2 nitrogen and oxygen atoms in total. The molecule has 1 aromatic rings. The molecule has 3 rings (SSSR count). The van der Waals surface area contributed by atoms with Crippen LogP contribution in [0.25, 0.3) is 0 Å². The van der Waals surface area contributed by atoms with Crippen molar-refractivity contribution in [1.29, 1.82) is 0 Å². The van der Waals surface area contributed by atoms with Gasteiger partial charge in [0.15, 0.2) is 0 Å². The fraction of sp³-hybridized carbons (Fsp3) is 0.267. The molecule has 2 aliphatic rings. The number of halogens is 1. The van der Waals surface area contributed by atoms with E-state index in [1.165, 1.54) is 17.5 Å². The lowest BCUT2D eigenvalue weighted by atomic mass is 9.92. The summed E-state index contributed by atoms with van der Waals surface area (Å²) >= 11 is 7.17. The second-order valence-electron chi connectivity index (χ2n) is 4.79. The van der Waals surface area contributed by atoms with Crippen LogP contribution in [-0.4, -0.2) is 13.1 Å². The molecule has 0 bridgehead atoms. The van der Waals surface area contributed by atoms with Crippen LogP contribution in [0, 0.1) is 10.4 Å². The highest BCUT2D eigenvalue weighted by molar-refractivity contribution is 7.10. The maximum absolute atomic E-state index is 11.3. The summed E-state index contributed by atoms with van der Waals surface area (Å²) in [6.07, 6.45) is 0. The highest BCUT2D eigenvalue weighted by Gasteiger charge is 2.31. The quantitative estimate of drug-likeness (QED) is 0.664. The number of hydrogen-bond donors (Lipinski definition) is 0. The summed E-state index contributed by atoms with van der Waals surface area (Å²) in [5.74, 6) is -0.190. The monoisotopic (exact) mass is 294 g/mol. The Bertz CT molecular complexity index is 675. The zero-order valence-corrected chi connectivity index (χ0v) is 12.6. The van der Waals surface area contributed by atoms with Gasteiger partial charge in [-0.3, -0.25) is 4.79 Å². The molecule has 0 saturated heterocycles. The highest BCUT2D eigenvalue weighted by Crippen LogP contribution is 2.28. The van der Waals surface area contributed by atoms with Gasteiger partial charge in [-0.1, -0.05) is 29.8 Å². The first-order valence-corrected chi connectivity index (χ1v) is 7.15. The minimum absolute atomic E-state index is 0.190. The van der Waals surface area contributed by atoms with Crippen LogP contribution in [0.2, 0.25) is 5.02 Å². The van der Waals surface area contributed by atoms with E-state index in [4.69, 9.17) is 16.3 Å². The molecule has 0 N–H and O–H groups in total. The summed E-state index contributed by atoms with van der Waals surface area (Å²) in [6, 6.07) is 9.93. The summed E-state index contributed by atoms with van der Waals surface area (Å²) in [5.41, 5.74) is -0.511. The van der Waals surface area contributed by atoms with Crippen molar-refractivity contribution in [2.24, 2.45) is 0 Å². The number of thiophene rings is 1. The first-order chi connectivity index (χ1) is 8.96. The number of rotatable bonds is 2. The second kappa shape index (κ2) is 5.35. The largest absolute Gasteiger partial charge is 0.468 e. The van der Waals surface area contributed by atoms with Gasteiger partial charge in [-0.15, -0.1) is 11.3 Å². The lowest BCUT2D eigenvalue weighted by molar-refractivity contribution is -0.146. The molecule has 1 aromatic heterocycles. The predicted molar refractivity (Wildman–Crippen MR) is 78.5 cm³/mol. The summed E-state index contributed by atoms with van der Waals surface area (Å²) in [4.78, 5) is 12.4. The molecular weight excluding hydrogens is 280 g/mol. The van der Waals surface area contributed by atoms with Crippen LogP contribution in [0.4, 0.5) is 0 Å². The van der Waals surface area contributed by atoms with Gasteiger partial charge in [-0.25, -0.2) is 0 Å². The van der Waals surface area contributed by atoms with Gasteiger partial charge in [-0.05, 0) is 36.6 Å². The predicted octanol–water partition coefficient (Wildman–Crippen LogP) is 4.14. The van der Waals surface area contributed by atoms with E-state index in [-0.39, 0.29) is 5.97 Å². The molecule has 2 aliphatic carbocycles. The van der Waals surface area contributed by atoms with Gasteiger partial charge in [0.25, 0.3) is 0 Å². The Morgan fingerprint density at radius 3 is 2.32 bits per heavy atom. The molecule has 0 aliphatic heterocycles. The van der Waals surface area contributed by atoms with E-state index in [0.717, 1.165) is 9.90 Å². The number of carbonyl (C=O) groups excluding carboxylic acids is 1. The van der Waals surface area contributed by atoms with E-state index in [1.54, 1.807) is 11.3 Å². The van der Waals surface area contributed by atoms with Crippen molar-refractivity contribution in [1.82, 2.24) is 0 Å². The molecule has 0 amide bonds. The van der Waals surface area contributed by atoms with Crippen molar-refractivity contribution in [3.05, 3.63) is 56.0 Å². The molecule has 0 fully saturated rings. The van der Waals surface area contributed by atoms with Crippen LogP contribution in [0.5, 0.6) is 0 Å². The summed E-state index contributed by atoms with van der Waals surface area (Å²) in [5, 5.41) is 5.42. The Kier molecular flexibility index (Phi) is 3.97. The van der Waals surface area contributed by atoms with Crippen molar-refractivity contribution in [3.8, 4) is 0 Å². The van der Waals surface area contributed by atoms with Gasteiger partial charge in [0.2, 0.25) is 0 Å². The number of benzene rings is 1. The molecule has 0 spiro atoms. The molecule has 0 aromatic carbocycles. The first-order valence-electron chi connectivity index (χ1n) is 5.89. The zero-order valence-electron chi connectivity index (χ0n) is 11.1. The molecule has 0 radical (unpaired) electrons. The van der Waals surface area contributed by atoms with E-state index in [1.807, 2.05) is 43.5 Å². The standard InChI is InChI=1S/C9H12O2S.C6H3Cl/c1-9(2,8(10)11-3)7-5-4-6-12-7;7-6-3-4-1-2-5(4)6/h4-6H,1-3H3;1-3H. The summed E-state index contributed by atoms with van der Waals surface area (Å²) in [7, 11) is 1.41. The number of methoxy groups -OCH3 is 1. The Hall–Kier alpha value is -1.32. The summed E-state index contributed by atoms with van der Waals surface area (Å²) < 4.78 is 4.71. The molecule has 0 saturated carbocycles. The van der Waals surface area contributed by atoms with Crippen LogP contribution >= 0.6 is 22.9 Å². The number of hydrogen-bond acceptors (Lipinski definition) is 3. The topological polar surface area (TPSA) is 26.3 Å². The van der Waals surface area contributed by atoms with E-state index in [9.17, 15) is 4.79 Å². The Balaban J connectivity index is 0.000000159. The minimum Gasteiger partial charge on any atom is -0.468 e. The van der Waals surface area contributed by atoms with Crippen molar-refractivity contribution in [3.63, 3.8) is 0 Å². The van der Waals surface area contributed by atoms with Gasteiger partial charge in [-0.2, -0.15) is 0 Å². The molecule has 1 heterocycles. The van der Waals surface area contributed by atoms with Crippen LogP contribution < -0.4 is 0 Å². The maximum atomic E-state index is 11.3. The highest BCUT2D eigenvalue weighted by atomic mass is 35.5. The molecule has 4 heteroatoms. The third-order valence-electron chi connectivity index (χ3n) is 3.11. The lowest BCUT2D eigenvalue weighted by Crippen LogP contribution is -2.29. The molecule has 100 valence electrons. The van der Waals surface area contributed by atoms with Gasteiger partial charge >= 0.3 is 5.97 Å². The Morgan fingerprint density at radius 1 is 1.32 bits per heavy atom. The van der Waals surface area contributed by atoms with E-state index < -0.39 is 5.41 Å². The zero-order chi connectivity index (χ0) is 14.0. The van der Waals surface area contributed by atoms with Gasteiger partial charge in [0, 0.05) is 15.1 Å². The van der Waals surface area contributed by atoms with Crippen molar-refractivity contribution < 1.29 is 9.53 Å². The van der Waals surface area contributed by atoms with Crippen LogP contribution in [-0.2, 0) is 14.9 Å². The molecule has 19 heavy (non-hydrogen) atoms. The SMILES string of the molecule is COC(=O)C(C)(C)c1cccs1.Clc1cc2ccc1=2. The third-order valence-corrected chi connectivity index (χ3v) is 4.62. The fourth-order valence-corrected chi connectivity index (χ4v) is 2.86. The Labute approximate surface area is 121 Å². The minimum atomic E-state index is -0.511. The number of ether oxygens (including phenoxy) is 1. The normalized spacial score (nSPS) is 11.4. The van der Waals surface area contributed by atoms with Crippen LogP contribution in [0.15, 0.2) is 35.7 Å². The van der Waals surface area contributed by atoms with E-state index in [0.29, 0.717) is 0 Å². The van der Waals surface area contributed by atoms with Crippen molar-refractivity contribution in [2.45, 2.75) is 19.3 Å². The van der Waals surface area contributed by atoms with Crippen LogP contribution in [0.1, 0.15) is 18.7 Å². The van der Waals surface area contributed by atoms with E-state index in [2.05, 4.69) is 6.07 Å². The maximum Gasteiger partial charge on any atom is 0.316 e. The third kappa shape index (κ3) is 2.67. The molecule has 0 atom stereocenters. The van der Waals surface area contributed by atoms with Crippen molar-refractivity contribution >= 4 is 28.9 Å². The first kappa shape index (κ1) is 14.1. The number of esters is 1. The van der Waals surface area contributed by atoms with Gasteiger partial charge in [0.1, 0.15) is 0 Å². The second-order valence-corrected chi connectivity index (χ2v) is 6.14. The van der Waals surface area contributed by atoms with Crippen molar-refractivity contribution in [2.75, 3.05) is 7.11 Å². The number of carbonyl (C=O) groups is 1. The van der Waals surface area contributed by atoms with Gasteiger partial charge in [0.05, 0.1) is 12.5 Å². The molecular formula is C15H15ClO2S. The Morgan fingerprint density at radius 2 is 2.05 bits per heavy atom. The van der Waals surface area contributed by atoms with E-state index >= 15 is 0 Å².